The summed E-state index contributed by atoms with van der Waals surface area (Å²) in [5.41, 5.74) is 2.43. The molecular weight excluding hydrogens is 457 g/mol. The summed E-state index contributed by atoms with van der Waals surface area (Å²) in [6, 6.07) is 9.59. The van der Waals surface area contributed by atoms with Crippen molar-refractivity contribution in [1.29, 1.82) is 0 Å². The van der Waals surface area contributed by atoms with Gasteiger partial charge in [0.05, 0.1) is 16.5 Å². The first-order valence-electron chi connectivity index (χ1n) is 11.7. The molecule has 182 valence electrons. The van der Waals surface area contributed by atoms with Gasteiger partial charge in [0.1, 0.15) is 5.82 Å². The quantitative estimate of drug-likeness (QED) is 0.625. The van der Waals surface area contributed by atoms with Gasteiger partial charge in [-0.3, -0.25) is 9.59 Å². The first-order valence-corrected chi connectivity index (χ1v) is 13.1. The number of amides is 2. The molecule has 4 rings (SSSR count). The lowest BCUT2D eigenvalue weighted by atomic mass is 9.99. The van der Waals surface area contributed by atoms with E-state index in [9.17, 15) is 22.4 Å². The van der Waals surface area contributed by atoms with Crippen molar-refractivity contribution >= 4 is 33.2 Å². The van der Waals surface area contributed by atoms with Crippen LogP contribution < -0.4 is 9.80 Å². The van der Waals surface area contributed by atoms with Crippen LogP contribution in [0.4, 0.5) is 15.8 Å². The number of aryl methyl sites for hydroxylation is 2. The fraction of sp³-hybridized carbons (Fsp3) is 0.440. The van der Waals surface area contributed by atoms with Gasteiger partial charge >= 0.3 is 0 Å². The maximum absolute atomic E-state index is 14.5. The predicted octanol–water partition coefficient (Wildman–Crippen LogP) is 3.50. The van der Waals surface area contributed by atoms with Crippen LogP contribution in [0.15, 0.2) is 41.3 Å². The zero-order valence-corrected chi connectivity index (χ0v) is 20.6. The van der Waals surface area contributed by atoms with Gasteiger partial charge in [0, 0.05) is 38.3 Å². The van der Waals surface area contributed by atoms with E-state index in [1.165, 1.54) is 15.3 Å². The fourth-order valence-corrected chi connectivity index (χ4v) is 6.34. The van der Waals surface area contributed by atoms with Crippen LogP contribution in [0.5, 0.6) is 0 Å². The van der Waals surface area contributed by atoms with E-state index in [0.717, 1.165) is 11.1 Å². The first kappa shape index (κ1) is 24.3. The average molecular weight is 488 g/mol. The number of hydrogen-bond donors (Lipinski definition) is 0. The SMILES string of the molecule is CCN(CC)S(=O)(=O)c1ccc2c(c1)CCCN2C(=O)C1CC(=O)N(c2ccc(C)cc2F)C1. The molecule has 2 aliphatic heterocycles. The normalized spacial score (nSPS) is 18.5. The number of fused-ring (bicyclic) bond motifs is 1. The standard InChI is InChI=1S/C25H30FN3O4S/c1-4-27(5-2)34(32,33)20-9-11-22-18(14-20)7-6-12-28(22)25(31)19-15-24(30)29(16-19)23-10-8-17(3)13-21(23)26/h8-11,13-14,19H,4-7,12,15-16H2,1-3H3. The average Bonchev–Trinajstić information content (AvgIpc) is 3.19. The smallest absolute Gasteiger partial charge is 0.243 e. The van der Waals surface area contributed by atoms with Crippen molar-refractivity contribution in [3.8, 4) is 0 Å². The third-order valence-corrected chi connectivity index (χ3v) is 8.69. The van der Waals surface area contributed by atoms with Gasteiger partial charge in [-0.05, 0) is 61.2 Å². The Morgan fingerprint density at radius 3 is 2.50 bits per heavy atom. The molecule has 1 fully saturated rings. The highest BCUT2D eigenvalue weighted by molar-refractivity contribution is 7.89. The van der Waals surface area contributed by atoms with E-state index in [1.54, 1.807) is 56.0 Å². The number of anilines is 2. The minimum Gasteiger partial charge on any atom is -0.312 e. The Labute approximate surface area is 200 Å². The van der Waals surface area contributed by atoms with Crippen molar-refractivity contribution in [2.24, 2.45) is 5.92 Å². The molecule has 2 aromatic carbocycles. The summed E-state index contributed by atoms with van der Waals surface area (Å²) in [5.74, 6) is -1.53. The molecule has 0 spiro atoms. The minimum atomic E-state index is -3.60. The van der Waals surface area contributed by atoms with E-state index in [2.05, 4.69) is 0 Å². The molecule has 0 N–H and O–H groups in total. The molecule has 0 aromatic heterocycles. The van der Waals surface area contributed by atoms with Gasteiger partial charge < -0.3 is 9.80 Å². The van der Waals surface area contributed by atoms with Gasteiger partial charge in [-0.2, -0.15) is 4.31 Å². The van der Waals surface area contributed by atoms with Gasteiger partial charge in [0.2, 0.25) is 21.8 Å². The monoisotopic (exact) mass is 487 g/mol. The molecule has 2 amide bonds. The number of hydrogen-bond acceptors (Lipinski definition) is 4. The zero-order chi connectivity index (χ0) is 24.6. The number of benzene rings is 2. The lowest BCUT2D eigenvalue weighted by Gasteiger charge is -2.32. The molecule has 0 radical (unpaired) electrons. The summed E-state index contributed by atoms with van der Waals surface area (Å²) in [6.45, 7) is 6.76. The topological polar surface area (TPSA) is 78.0 Å². The van der Waals surface area contributed by atoms with Crippen LogP contribution in [0.1, 0.15) is 37.8 Å². The number of halogens is 1. The van der Waals surface area contributed by atoms with Crippen LogP contribution in [0.3, 0.4) is 0 Å². The molecule has 0 aliphatic carbocycles. The van der Waals surface area contributed by atoms with E-state index in [0.29, 0.717) is 38.2 Å². The third-order valence-electron chi connectivity index (χ3n) is 6.65. The Hall–Kier alpha value is -2.78. The highest BCUT2D eigenvalue weighted by Gasteiger charge is 2.39. The largest absolute Gasteiger partial charge is 0.312 e. The van der Waals surface area contributed by atoms with Crippen LogP contribution >= 0.6 is 0 Å². The van der Waals surface area contributed by atoms with Crippen LogP contribution in [0.2, 0.25) is 0 Å². The molecule has 1 unspecified atom stereocenters. The summed E-state index contributed by atoms with van der Waals surface area (Å²) in [5, 5.41) is 0. The van der Waals surface area contributed by atoms with Crippen molar-refractivity contribution in [2.75, 3.05) is 36.0 Å². The van der Waals surface area contributed by atoms with Crippen molar-refractivity contribution < 1.29 is 22.4 Å². The number of carbonyl (C=O) groups excluding carboxylic acids is 2. The Balaban J connectivity index is 1.57. The van der Waals surface area contributed by atoms with E-state index >= 15 is 0 Å². The van der Waals surface area contributed by atoms with Crippen molar-refractivity contribution in [1.82, 2.24) is 4.31 Å². The molecule has 1 saturated heterocycles. The molecule has 34 heavy (non-hydrogen) atoms. The molecule has 7 nitrogen and oxygen atoms in total. The molecule has 2 heterocycles. The van der Waals surface area contributed by atoms with Crippen molar-refractivity contribution in [3.05, 3.63) is 53.3 Å². The van der Waals surface area contributed by atoms with Gasteiger partial charge in [-0.15, -0.1) is 0 Å². The maximum atomic E-state index is 14.5. The highest BCUT2D eigenvalue weighted by atomic mass is 32.2. The molecule has 0 bridgehead atoms. The Morgan fingerprint density at radius 2 is 1.82 bits per heavy atom. The van der Waals surface area contributed by atoms with E-state index in [1.807, 2.05) is 0 Å². The molecule has 2 aliphatic rings. The molecular formula is C25H30FN3O4S. The Bertz CT molecular complexity index is 1230. The van der Waals surface area contributed by atoms with Gasteiger partial charge in [-0.1, -0.05) is 19.9 Å². The second kappa shape index (κ2) is 9.46. The van der Waals surface area contributed by atoms with Crippen LogP contribution in [-0.4, -0.2) is 50.7 Å². The second-order valence-electron chi connectivity index (χ2n) is 8.83. The highest BCUT2D eigenvalue weighted by Crippen LogP contribution is 2.34. The third kappa shape index (κ3) is 4.34. The fourth-order valence-electron chi connectivity index (χ4n) is 4.83. The predicted molar refractivity (Wildman–Crippen MR) is 129 cm³/mol. The Kier molecular flexibility index (Phi) is 6.78. The van der Waals surface area contributed by atoms with Gasteiger partial charge in [0.25, 0.3) is 0 Å². The van der Waals surface area contributed by atoms with Crippen LogP contribution in [0, 0.1) is 18.7 Å². The van der Waals surface area contributed by atoms with Crippen LogP contribution in [-0.2, 0) is 26.0 Å². The molecule has 2 aromatic rings. The number of nitrogens with zero attached hydrogens (tertiary/aromatic N) is 3. The van der Waals surface area contributed by atoms with Gasteiger partial charge in [-0.25, -0.2) is 12.8 Å². The van der Waals surface area contributed by atoms with Crippen molar-refractivity contribution in [3.63, 3.8) is 0 Å². The summed E-state index contributed by atoms with van der Waals surface area (Å²) in [4.78, 5) is 29.3. The summed E-state index contributed by atoms with van der Waals surface area (Å²) < 4.78 is 41.7. The summed E-state index contributed by atoms with van der Waals surface area (Å²) in [6.07, 6.45) is 1.39. The van der Waals surface area contributed by atoms with Crippen molar-refractivity contribution in [2.45, 2.75) is 44.9 Å². The second-order valence-corrected chi connectivity index (χ2v) is 10.8. The summed E-state index contributed by atoms with van der Waals surface area (Å²) >= 11 is 0. The minimum absolute atomic E-state index is 0.0202. The number of sulfonamides is 1. The number of carbonyl (C=O) groups is 2. The maximum Gasteiger partial charge on any atom is 0.243 e. The first-order chi connectivity index (χ1) is 16.2. The van der Waals surface area contributed by atoms with Crippen LogP contribution in [0.25, 0.3) is 0 Å². The summed E-state index contributed by atoms with van der Waals surface area (Å²) in [7, 11) is -3.60. The van der Waals surface area contributed by atoms with Gasteiger partial charge in [0.15, 0.2) is 0 Å². The van der Waals surface area contributed by atoms with E-state index in [4.69, 9.17) is 0 Å². The molecule has 0 saturated carbocycles. The molecule has 9 heteroatoms. The zero-order valence-electron chi connectivity index (χ0n) is 19.8. The lowest BCUT2D eigenvalue weighted by Crippen LogP contribution is -2.40. The Morgan fingerprint density at radius 1 is 1.12 bits per heavy atom. The van der Waals surface area contributed by atoms with E-state index < -0.39 is 21.8 Å². The molecule has 1 atom stereocenters. The van der Waals surface area contributed by atoms with E-state index in [-0.39, 0.29) is 35.4 Å². The lowest BCUT2D eigenvalue weighted by molar-refractivity contribution is -0.124. The number of rotatable bonds is 6.